The van der Waals surface area contributed by atoms with Crippen molar-refractivity contribution in [1.82, 2.24) is 0 Å². The average Bonchev–Trinajstić information content (AvgIpc) is 2.67. The van der Waals surface area contributed by atoms with E-state index in [-0.39, 0.29) is 16.2 Å². The summed E-state index contributed by atoms with van der Waals surface area (Å²) in [6.45, 7) is 1.83. The van der Waals surface area contributed by atoms with Gasteiger partial charge in [0, 0.05) is 11.8 Å². The SMILES string of the molecule is Cc1ccc(S(=O)(=O)/N=C/c2ccc(OC(F)(F)F)c(-c3ccccc3)c2)cc1. The highest BCUT2D eigenvalue weighted by atomic mass is 32.2. The Morgan fingerprint density at radius 1 is 0.931 bits per heavy atom. The normalized spacial score (nSPS) is 12.3. The maximum atomic E-state index is 12.7. The molecule has 0 atom stereocenters. The molecule has 0 saturated heterocycles. The molecule has 150 valence electrons. The summed E-state index contributed by atoms with van der Waals surface area (Å²) >= 11 is 0. The summed E-state index contributed by atoms with van der Waals surface area (Å²) in [6, 6.07) is 18.4. The van der Waals surface area contributed by atoms with E-state index in [1.54, 1.807) is 42.5 Å². The van der Waals surface area contributed by atoms with Crippen LogP contribution in [0.25, 0.3) is 11.1 Å². The Morgan fingerprint density at radius 3 is 2.21 bits per heavy atom. The van der Waals surface area contributed by atoms with Crippen molar-refractivity contribution in [2.75, 3.05) is 0 Å². The van der Waals surface area contributed by atoms with Crippen LogP contribution in [0, 0.1) is 6.92 Å². The molecule has 0 amide bonds. The van der Waals surface area contributed by atoms with Crippen LogP contribution in [-0.4, -0.2) is 21.0 Å². The largest absolute Gasteiger partial charge is 0.573 e. The lowest BCUT2D eigenvalue weighted by Gasteiger charge is -2.14. The van der Waals surface area contributed by atoms with Crippen molar-refractivity contribution in [1.29, 1.82) is 0 Å². The molecule has 0 saturated carbocycles. The molecule has 8 heteroatoms. The van der Waals surface area contributed by atoms with Crippen LogP contribution in [0.3, 0.4) is 0 Å². The molecule has 0 unspecified atom stereocenters. The molecular formula is C21H16F3NO3S. The van der Waals surface area contributed by atoms with Crippen molar-refractivity contribution in [3.05, 3.63) is 83.9 Å². The van der Waals surface area contributed by atoms with Crippen LogP contribution in [0.4, 0.5) is 13.2 Å². The van der Waals surface area contributed by atoms with Crippen molar-refractivity contribution in [3.63, 3.8) is 0 Å². The van der Waals surface area contributed by atoms with Crippen molar-refractivity contribution in [3.8, 4) is 16.9 Å². The predicted molar refractivity (Wildman–Crippen MR) is 105 cm³/mol. The Balaban J connectivity index is 1.98. The van der Waals surface area contributed by atoms with Gasteiger partial charge in [0.15, 0.2) is 0 Å². The van der Waals surface area contributed by atoms with E-state index >= 15 is 0 Å². The summed E-state index contributed by atoms with van der Waals surface area (Å²) < 4.78 is 70.7. The molecular weight excluding hydrogens is 403 g/mol. The van der Waals surface area contributed by atoms with Crippen molar-refractivity contribution in [2.24, 2.45) is 4.40 Å². The first-order valence-electron chi connectivity index (χ1n) is 8.46. The van der Waals surface area contributed by atoms with Crippen LogP contribution in [0.2, 0.25) is 0 Å². The zero-order valence-electron chi connectivity index (χ0n) is 15.2. The lowest BCUT2D eigenvalue weighted by Crippen LogP contribution is -2.17. The molecule has 0 aliphatic heterocycles. The highest BCUT2D eigenvalue weighted by molar-refractivity contribution is 7.90. The smallest absolute Gasteiger partial charge is 0.405 e. The zero-order chi connectivity index (χ0) is 21.1. The van der Waals surface area contributed by atoms with Gasteiger partial charge in [-0.2, -0.15) is 12.8 Å². The zero-order valence-corrected chi connectivity index (χ0v) is 16.0. The third-order valence-corrected chi connectivity index (χ3v) is 5.22. The van der Waals surface area contributed by atoms with Gasteiger partial charge in [-0.25, -0.2) is 0 Å². The predicted octanol–water partition coefficient (Wildman–Crippen LogP) is 5.37. The number of rotatable bonds is 5. The number of halogens is 3. The van der Waals surface area contributed by atoms with Crippen LogP contribution in [-0.2, 0) is 10.0 Å². The maximum Gasteiger partial charge on any atom is 0.573 e. The number of benzene rings is 3. The second kappa shape index (κ2) is 8.08. The standard InChI is InChI=1S/C21H16F3NO3S/c1-15-7-10-18(11-8-15)29(26,27)25-14-16-9-12-20(28-21(22,23)24)19(13-16)17-5-3-2-4-6-17/h2-14H,1H3/b25-14+. The lowest BCUT2D eigenvalue weighted by atomic mass is 10.0. The number of hydrogen-bond acceptors (Lipinski definition) is 3. The summed E-state index contributed by atoms with van der Waals surface area (Å²) in [5, 5.41) is 0. The Morgan fingerprint density at radius 2 is 1.59 bits per heavy atom. The third kappa shape index (κ3) is 5.45. The van der Waals surface area contributed by atoms with Gasteiger partial charge in [0.2, 0.25) is 0 Å². The molecule has 0 spiro atoms. The highest BCUT2D eigenvalue weighted by Gasteiger charge is 2.32. The molecule has 0 aliphatic carbocycles. The van der Waals surface area contributed by atoms with Gasteiger partial charge in [0.05, 0.1) is 4.90 Å². The number of aryl methyl sites for hydroxylation is 1. The van der Waals surface area contributed by atoms with E-state index in [1.165, 1.54) is 24.3 Å². The molecule has 3 aromatic carbocycles. The summed E-state index contributed by atoms with van der Waals surface area (Å²) in [5.74, 6) is -0.387. The average molecular weight is 419 g/mol. The van der Waals surface area contributed by atoms with Gasteiger partial charge in [0.25, 0.3) is 10.0 Å². The van der Waals surface area contributed by atoms with Crippen molar-refractivity contribution < 1.29 is 26.3 Å². The van der Waals surface area contributed by atoms with Crippen molar-refractivity contribution in [2.45, 2.75) is 18.2 Å². The Kier molecular flexibility index (Phi) is 5.74. The van der Waals surface area contributed by atoms with Gasteiger partial charge >= 0.3 is 6.36 Å². The Hall–Kier alpha value is -3.13. The fourth-order valence-corrected chi connectivity index (χ4v) is 3.45. The fourth-order valence-electron chi connectivity index (χ4n) is 2.59. The van der Waals surface area contributed by atoms with E-state index in [4.69, 9.17) is 0 Å². The summed E-state index contributed by atoms with van der Waals surface area (Å²) in [7, 11) is -3.93. The summed E-state index contributed by atoms with van der Waals surface area (Å²) in [6.07, 6.45) is -3.76. The van der Waals surface area contributed by atoms with Crippen LogP contribution < -0.4 is 4.74 Å². The molecule has 4 nitrogen and oxygen atoms in total. The van der Waals surface area contributed by atoms with Gasteiger partial charge < -0.3 is 4.74 Å². The van der Waals surface area contributed by atoms with Gasteiger partial charge in [0.1, 0.15) is 5.75 Å². The number of nitrogens with zero attached hydrogens (tertiary/aromatic N) is 1. The van der Waals surface area contributed by atoms with E-state index < -0.39 is 16.4 Å². The van der Waals surface area contributed by atoms with E-state index in [9.17, 15) is 21.6 Å². The van der Waals surface area contributed by atoms with E-state index in [0.29, 0.717) is 11.1 Å². The molecule has 0 aromatic heterocycles. The lowest BCUT2D eigenvalue weighted by molar-refractivity contribution is -0.274. The number of ether oxygens (including phenoxy) is 1. The summed E-state index contributed by atoms with van der Waals surface area (Å²) in [5.41, 5.74) is 1.87. The first-order chi connectivity index (χ1) is 13.6. The summed E-state index contributed by atoms with van der Waals surface area (Å²) in [4.78, 5) is 0.0275. The monoisotopic (exact) mass is 419 g/mol. The quantitative estimate of drug-likeness (QED) is 0.523. The molecule has 0 N–H and O–H groups in total. The van der Waals surface area contributed by atoms with Crippen LogP contribution in [0.5, 0.6) is 5.75 Å². The second-order valence-electron chi connectivity index (χ2n) is 6.19. The van der Waals surface area contributed by atoms with Gasteiger partial charge in [-0.05, 0) is 48.4 Å². The van der Waals surface area contributed by atoms with Crippen LogP contribution in [0.15, 0.2) is 82.1 Å². The number of sulfonamides is 1. The minimum Gasteiger partial charge on any atom is -0.405 e. The number of hydrogen-bond donors (Lipinski definition) is 0. The minimum absolute atomic E-state index is 0.0275. The molecule has 0 aliphatic rings. The minimum atomic E-state index is -4.85. The topological polar surface area (TPSA) is 55.7 Å². The van der Waals surface area contributed by atoms with Crippen molar-refractivity contribution >= 4 is 16.2 Å². The highest BCUT2D eigenvalue weighted by Crippen LogP contribution is 2.34. The van der Waals surface area contributed by atoms with Gasteiger partial charge in [-0.15, -0.1) is 13.2 Å². The van der Waals surface area contributed by atoms with Gasteiger partial charge in [-0.1, -0.05) is 48.0 Å². The van der Waals surface area contributed by atoms with Crippen LogP contribution in [0.1, 0.15) is 11.1 Å². The van der Waals surface area contributed by atoms with E-state index in [0.717, 1.165) is 17.8 Å². The van der Waals surface area contributed by atoms with Crippen LogP contribution >= 0.6 is 0 Å². The first-order valence-corrected chi connectivity index (χ1v) is 9.90. The molecule has 29 heavy (non-hydrogen) atoms. The van der Waals surface area contributed by atoms with E-state index in [1.807, 2.05) is 6.92 Å². The number of alkyl halides is 3. The Labute approximate surface area is 166 Å². The molecule has 0 heterocycles. The molecule has 0 bridgehead atoms. The van der Waals surface area contributed by atoms with E-state index in [2.05, 4.69) is 9.13 Å². The third-order valence-electron chi connectivity index (χ3n) is 3.97. The molecule has 0 fully saturated rings. The first kappa shape index (κ1) is 20.6. The Bertz CT molecular complexity index is 1120. The molecule has 0 radical (unpaired) electrons. The maximum absolute atomic E-state index is 12.7. The molecule has 3 aromatic rings. The molecule has 3 rings (SSSR count). The fraction of sp³-hybridized carbons (Fsp3) is 0.0952. The second-order valence-corrected chi connectivity index (χ2v) is 7.82. The van der Waals surface area contributed by atoms with Gasteiger partial charge in [-0.3, -0.25) is 0 Å².